The Balaban J connectivity index is 2.45. The first-order valence-corrected chi connectivity index (χ1v) is 11.1. The van der Waals surface area contributed by atoms with Gasteiger partial charge in [0.05, 0.1) is 18.8 Å². The standard InChI is InChI=1S/C21H36O5S/c1-4-5-10-13-21(2,25)15-27-20-16(17(22)14-18(20)23)11-8-6-7-9-12-19(24)26-3/h6,8,16,18,20,23,25H,4-5,7,9-15H2,1-3H3/t16-,18?,20+,21?/m0/s1. The summed E-state index contributed by atoms with van der Waals surface area (Å²) in [5, 5.41) is 20.7. The predicted molar refractivity (Wildman–Crippen MR) is 110 cm³/mol. The van der Waals surface area contributed by atoms with E-state index in [4.69, 9.17) is 0 Å². The molecule has 0 amide bonds. The maximum absolute atomic E-state index is 12.2. The summed E-state index contributed by atoms with van der Waals surface area (Å²) in [6.07, 6.45) is 9.99. The number of carbonyl (C=O) groups excluding carboxylic acids is 2. The van der Waals surface area contributed by atoms with E-state index in [0.717, 1.165) is 38.5 Å². The molecule has 6 heteroatoms. The first-order valence-electron chi connectivity index (χ1n) is 10.1. The number of methoxy groups -OCH3 is 1. The van der Waals surface area contributed by atoms with E-state index >= 15 is 0 Å². The van der Waals surface area contributed by atoms with Crippen molar-refractivity contribution in [3.05, 3.63) is 12.2 Å². The molecule has 5 nitrogen and oxygen atoms in total. The van der Waals surface area contributed by atoms with E-state index in [1.54, 1.807) is 0 Å². The van der Waals surface area contributed by atoms with Crippen LogP contribution < -0.4 is 0 Å². The van der Waals surface area contributed by atoms with Crippen LogP contribution in [0.4, 0.5) is 0 Å². The van der Waals surface area contributed by atoms with E-state index in [0.29, 0.717) is 18.6 Å². The molecule has 2 N–H and O–H groups in total. The lowest BCUT2D eigenvalue weighted by Crippen LogP contribution is -2.31. The largest absolute Gasteiger partial charge is 0.469 e. The Morgan fingerprint density at radius 3 is 2.74 bits per heavy atom. The Labute approximate surface area is 167 Å². The summed E-state index contributed by atoms with van der Waals surface area (Å²) in [6, 6.07) is 0. The molecular formula is C21H36O5S. The Morgan fingerprint density at radius 2 is 2.07 bits per heavy atom. The average Bonchev–Trinajstić information content (AvgIpc) is 2.89. The summed E-state index contributed by atoms with van der Waals surface area (Å²) in [5.74, 6) is 0.225. The maximum atomic E-state index is 12.2. The van der Waals surface area contributed by atoms with Crippen molar-refractivity contribution >= 4 is 23.5 Å². The van der Waals surface area contributed by atoms with Gasteiger partial charge < -0.3 is 14.9 Å². The van der Waals surface area contributed by atoms with Crippen LogP contribution in [-0.4, -0.2) is 51.8 Å². The molecule has 156 valence electrons. The van der Waals surface area contributed by atoms with E-state index in [2.05, 4.69) is 11.7 Å². The fourth-order valence-corrected chi connectivity index (χ4v) is 4.86. The van der Waals surface area contributed by atoms with Gasteiger partial charge in [0.1, 0.15) is 5.78 Å². The molecule has 2 unspecified atom stereocenters. The number of hydrogen-bond donors (Lipinski definition) is 2. The van der Waals surface area contributed by atoms with E-state index in [1.165, 1.54) is 18.9 Å². The lowest BCUT2D eigenvalue weighted by Gasteiger charge is -2.27. The molecule has 4 atom stereocenters. The summed E-state index contributed by atoms with van der Waals surface area (Å²) < 4.78 is 4.60. The number of Topliss-reactive ketones (excluding diaryl/α,β-unsaturated/α-hetero) is 1. The third-order valence-electron chi connectivity index (χ3n) is 5.04. The molecule has 27 heavy (non-hydrogen) atoms. The van der Waals surface area contributed by atoms with Gasteiger partial charge in [0.2, 0.25) is 0 Å². The minimum Gasteiger partial charge on any atom is -0.469 e. The first-order chi connectivity index (χ1) is 12.8. The lowest BCUT2D eigenvalue weighted by atomic mass is 10.0. The van der Waals surface area contributed by atoms with Crippen LogP contribution in [0.25, 0.3) is 0 Å². The minimum atomic E-state index is -0.764. The van der Waals surface area contributed by atoms with Gasteiger partial charge in [0, 0.05) is 29.8 Å². The second-order valence-corrected chi connectivity index (χ2v) is 8.92. The van der Waals surface area contributed by atoms with Crippen molar-refractivity contribution in [2.45, 2.75) is 88.6 Å². The van der Waals surface area contributed by atoms with E-state index in [-0.39, 0.29) is 29.3 Å². The number of hydrogen-bond acceptors (Lipinski definition) is 6. The monoisotopic (exact) mass is 400 g/mol. The SMILES string of the molecule is CCCCCC(C)(O)CS[C@H]1C(O)CC(=O)[C@@H]1CC=CCCCC(=O)OC. The van der Waals surface area contributed by atoms with E-state index in [1.807, 2.05) is 19.1 Å². The van der Waals surface area contributed by atoms with Crippen molar-refractivity contribution in [3.8, 4) is 0 Å². The number of carbonyl (C=O) groups is 2. The molecule has 0 aromatic heterocycles. The fraction of sp³-hybridized carbons (Fsp3) is 0.810. The first kappa shape index (κ1) is 24.2. The quantitative estimate of drug-likeness (QED) is 0.279. The van der Waals surface area contributed by atoms with Crippen LogP contribution in [0.5, 0.6) is 0 Å². The molecule has 1 aliphatic carbocycles. The molecular weight excluding hydrogens is 364 g/mol. The highest BCUT2D eigenvalue weighted by Crippen LogP contribution is 2.37. The predicted octanol–water partition coefficient (Wildman–Crippen LogP) is 3.66. The summed E-state index contributed by atoms with van der Waals surface area (Å²) in [6.45, 7) is 3.98. The molecule has 0 heterocycles. The molecule has 1 rings (SSSR count). The highest BCUT2D eigenvalue weighted by atomic mass is 32.2. The van der Waals surface area contributed by atoms with Crippen LogP contribution in [0.2, 0.25) is 0 Å². The number of esters is 1. The van der Waals surface area contributed by atoms with Crippen LogP contribution in [0.3, 0.4) is 0 Å². The van der Waals surface area contributed by atoms with Gasteiger partial charge in [-0.15, -0.1) is 0 Å². The number of aliphatic hydroxyl groups excluding tert-OH is 1. The second kappa shape index (κ2) is 12.6. The van der Waals surface area contributed by atoms with Gasteiger partial charge in [-0.1, -0.05) is 38.3 Å². The Bertz CT molecular complexity index is 489. The number of ketones is 1. The molecule has 0 bridgehead atoms. The number of ether oxygens (including phenoxy) is 1. The van der Waals surface area contributed by atoms with Crippen LogP contribution in [-0.2, 0) is 14.3 Å². The normalized spacial score (nSPS) is 25.1. The Kier molecular flexibility index (Phi) is 11.3. The van der Waals surface area contributed by atoms with Gasteiger partial charge >= 0.3 is 5.97 Å². The molecule has 0 aliphatic heterocycles. The van der Waals surface area contributed by atoms with Crippen LogP contribution in [0, 0.1) is 5.92 Å². The summed E-state index contributed by atoms with van der Waals surface area (Å²) in [7, 11) is 1.38. The van der Waals surface area contributed by atoms with Gasteiger partial charge in [-0.05, 0) is 32.6 Å². The van der Waals surface area contributed by atoms with E-state index < -0.39 is 11.7 Å². The topological polar surface area (TPSA) is 83.8 Å². The van der Waals surface area contributed by atoms with Gasteiger partial charge in [0.25, 0.3) is 0 Å². The molecule has 0 radical (unpaired) electrons. The average molecular weight is 401 g/mol. The number of aliphatic hydroxyl groups is 2. The van der Waals surface area contributed by atoms with Gasteiger partial charge in [-0.25, -0.2) is 0 Å². The molecule has 1 aliphatic rings. The number of unbranched alkanes of at least 4 members (excludes halogenated alkanes) is 3. The van der Waals surface area contributed by atoms with Crippen molar-refractivity contribution in [1.29, 1.82) is 0 Å². The van der Waals surface area contributed by atoms with Crippen LogP contribution in [0.1, 0.15) is 71.6 Å². The molecule has 0 spiro atoms. The smallest absolute Gasteiger partial charge is 0.305 e. The van der Waals surface area contributed by atoms with Crippen LogP contribution >= 0.6 is 11.8 Å². The summed E-state index contributed by atoms with van der Waals surface area (Å²) in [5.41, 5.74) is -0.764. The lowest BCUT2D eigenvalue weighted by molar-refractivity contribution is -0.140. The van der Waals surface area contributed by atoms with Gasteiger partial charge in [-0.2, -0.15) is 11.8 Å². The van der Waals surface area contributed by atoms with Gasteiger partial charge in [-0.3, -0.25) is 9.59 Å². The summed E-state index contributed by atoms with van der Waals surface area (Å²) >= 11 is 1.53. The molecule has 1 fully saturated rings. The zero-order chi connectivity index (χ0) is 20.3. The van der Waals surface area contributed by atoms with E-state index in [9.17, 15) is 19.8 Å². The van der Waals surface area contributed by atoms with Gasteiger partial charge in [0.15, 0.2) is 0 Å². The maximum Gasteiger partial charge on any atom is 0.305 e. The zero-order valence-electron chi connectivity index (χ0n) is 17.0. The second-order valence-electron chi connectivity index (χ2n) is 7.75. The third kappa shape index (κ3) is 9.26. The van der Waals surface area contributed by atoms with Crippen molar-refractivity contribution in [3.63, 3.8) is 0 Å². The molecule has 0 aromatic carbocycles. The Hall–Kier alpha value is -0.850. The number of rotatable bonds is 13. The number of thioether (sulfide) groups is 1. The minimum absolute atomic E-state index is 0.102. The zero-order valence-corrected chi connectivity index (χ0v) is 17.8. The van der Waals surface area contributed by atoms with Crippen molar-refractivity contribution in [1.82, 2.24) is 0 Å². The highest BCUT2D eigenvalue weighted by Gasteiger charge is 2.41. The van der Waals surface area contributed by atoms with Crippen molar-refractivity contribution < 1.29 is 24.5 Å². The van der Waals surface area contributed by atoms with Crippen LogP contribution in [0.15, 0.2) is 12.2 Å². The summed E-state index contributed by atoms with van der Waals surface area (Å²) in [4.78, 5) is 23.3. The highest BCUT2D eigenvalue weighted by molar-refractivity contribution is 8.00. The van der Waals surface area contributed by atoms with Crippen molar-refractivity contribution in [2.75, 3.05) is 12.9 Å². The molecule has 0 saturated heterocycles. The van der Waals surface area contributed by atoms with Crippen molar-refractivity contribution in [2.24, 2.45) is 5.92 Å². The third-order valence-corrected chi connectivity index (χ3v) is 6.86. The molecule has 1 saturated carbocycles. The Morgan fingerprint density at radius 1 is 1.33 bits per heavy atom. The fourth-order valence-electron chi connectivity index (χ4n) is 3.35. The number of allylic oxidation sites excluding steroid dienone is 2. The molecule has 0 aromatic rings.